The Morgan fingerprint density at radius 2 is 1.90 bits per heavy atom. The average molecular weight is 406 g/mol. The van der Waals surface area contributed by atoms with Crippen molar-refractivity contribution in [3.05, 3.63) is 75.1 Å². The smallest absolute Gasteiger partial charge is 0.336 e. The molecular formula is C23H22N2O5. The first-order chi connectivity index (χ1) is 14.3. The van der Waals surface area contributed by atoms with Crippen LogP contribution in [-0.2, 0) is 11.2 Å². The molecule has 1 saturated heterocycles. The third-order valence-corrected chi connectivity index (χ3v) is 5.24. The van der Waals surface area contributed by atoms with Crippen molar-refractivity contribution >= 4 is 28.5 Å². The molecule has 1 aromatic heterocycles. The first-order valence-electron chi connectivity index (χ1n) is 9.71. The van der Waals surface area contributed by atoms with Gasteiger partial charge in [0.15, 0.2) is 0 Å². The highest BCUT2D eigenvalue weighted by Crippen LogP contribution is 2.22. The second-order valence-corrected chi connectivity index (χ2v) is 7.71. The lowest BCUT2D eigenvalue weighted by Gasteiger charge is -2.36. The number of benzene rings is 2. The Morgan fingerprint density at radius 1 is 1.13 bits per heavy atom. The van der Waals surface area contributed by atoms with Crippen molar-refractivity contribution in [2.75, 3.05) is 18.4 Å². The molecule has 0 atom stereocenters. The first-order valence-corrected chi connectivity index (χ1v) is 9.71. The largest absolute Gasteiger partial charge is 0.423 e. The molecule has 2 N–H and O–H groups in total. The Morgan fingerprint density at radius 3 is 2.63 bits per heavy atom. The average Bonchev–Trinajstić information content (AvgIpc) is 2.66. The maximum atomic E-state index is 12.7. The number of rotatable bonds is 4. The van der Waals surface area contributed by atoms with Gasteiger partial charge in [0.2, 0.25) is 5.91 Å². The van der Waals surface area contributed by atoms with Gasteiger partial charge in [-0.05, 0) is 48.7 Å². The molecule has 2 aromatic carbocycles. The molecule has 2 amide bonds. The molecule has 3 aromatic rings. The van der Waals surface area contributed by atoms with Gasteiger partial charge in [-0.25, -0.2) is 4.79 Å². The van der Waals surface area contributed by atoms with Crippen molar-refractivity contribution in [3.8, 4) is 0 Å². The predicted molar refractivity (Wildman–Crippen MR) is 113 cm³/mol. The first kappa shape index (κ1) is 19.8. The number of fused-ring (bicyclic) bond motifs is 1. The van der Waals surface area contributed by atoms with Gasteiger partial charge in [0.1, 0.15) is 5.58 Å². The van der Waals surface area contributed by atoms with Crippen molar-refractivity contribution < 1.29 is 19.1 Å². The van der Waals surface area contributed by atoms with Crippen LogP contribution < -0.4 is 10.9 Å². The van der Waals surface area contributed by atoms with Crippen LogP contribution in [0.2, 0.25) is 0 Å². The van der Waals surface area contributed by atoms with E-state index in [0.717, 1.165) is 11.1 Å². The summed E-state index contributed by atoms with van der Waals surface area (Å²) in [5.74, 6) is -0.479. The van der Waals surface area contributed by atoms with E-state index in [0.29, 0.717) is 40.9 Å². The fraction of sp³-hybridized carbons (Fsp3) is 0.261. The minimum absolute atomic E-state index is 0.00108. The molecular weight excluding hydrogens is 384 g/mol. The molecule has 30 heavy (non-hydrogen) atoms. The molecule has 0 spiro atoms. The van der Waals surface area contributed by atoms with Crippen molar-refractivity contribution in [1.82, 2.24) is 4.90 Å². The van der Waals surface area contributed by atoms with Crippen molar-refractivity contribution in [2.24, 2.45) is 0 Å². The molecule has 154 valence electrons. The molecule has 0 bridgehead atoms. The van der Waals surface area contributed by atoms with E-state index >= 15 is 0 Å². The van der Waals surface area contributed by atoms with Gasteiger partial charge in [-0.3, -0.25) is 9.59 Å². The third-order valence-electron chi connectivity index (χ3n) is 5.24. The summed E-state index contributed by atoms with van der Waals surface area (Å²) in [4.78, 5) is 38.6. The summed E-state index contributed by atoms with van der Waals surface area (Å²) >= 11 is 0. The Bertz CT molecular complexity index is 1210. The molecule has 1 aliphatic rings. The number of hydrogen-bond donors (Lipinski definition) is 2. The summed E-state index contributed by atoms with van der Waals surface area (Å²) in [7, 11) is 0. The Kier molecular flexibility index (Phi) is 5.13. The summed E-state index contributed by atoms with van der Waals surface area (Å²) in [5.41, 5.74) is 3.29. The maximum absolute atomic E-state index is 12.7. The Hall–Kier alpha value is -3.45. The number of carbonyl (C=O) groups excluding carboxylic acids is 2. The Labute approximate surface area is 172 Å². The van der Waals surface area contributed by atoms with Crippen LogP contribution in [0.15, 0.2) is 51.7 Å². The van der Waals surface area contributed by atoms with Crippen LogP contribution in [0, 0.1) is 13.8 Å². The SMILES string of the molecule is Cc1ccc2c(CC(=O)Nc3cc(C(=O)N4CC(O)C4)ccc3C)cc(=O)oc2c1. The van der Waals surface area contributed by atoms with E-state index in [1.54, 1.807) is 29.2 Å². The van der Waals surface area contributed by atoms with E-state index in [1.807, 2.05) is 26.0 Å². The van der Waals surface area contributed by atoms with Crippen LogP contribution in [0.4, 0.5) is 5.69 Å². The van der Waals surface area contributed by atoms with E-state index in [2.05, 4.69) is 5.32 Å². The van der Waals surface area contributed by atoms with Gasteiger partial charge in [0.05, 0.1) is 12.5 Å². The maximum Gasteiger partial charge on any atom is 0.336 e. The van der Waals surface area contributed by atoms with Gasteiger partial charge in [0, 0.05) is 35.8 Å². The number of nitrogens with zero attached hydrogens (tertiary/aromatic N) is 1. The fourth-order valence-electron chi connectivity index (χ4n) is 3.54. The zero-order valence-corrected chi connectivity index (χ0v) is 16.8. The van der Waals surface area contributed by atoms with Gasteiger partial charge in [-0.1, -0.05) is 18.2 Å². The lowest BCUT2D eigenvalue weighted by molar-refractivity contribution is -0.115. The highest BCUT2D eigenvalue weighted by molar-refractivity contribution is 5.99. The molecule has 1 fully saturated rings. The second kappa shape index (κ2) is 7.76. The van der Waals surface area contributed by atoms with Crippen LogP contribution in [0.1, 0.15) is 27.0 Å². The summed E-state index contributed by atoms with van der Waals surface area (Å²) in [5, 5.41) is 13.0. The van der Waals surface area contributed by atoms with Crippen molar-refractivity contribution in [3.63, 3.8) is 0 Å². The number of β-amino-alcohol motifs (C(OH)–C–C–N with tert-alkyl or cyclic N) is 1. The zero-order valence-electron chi connectivity index (χ0n) is 16.8. The minimum atomic E-state index is -0.503. The van der Waals surface area contributed by atoms with Gasteiger partial charge in [-0.15, -0.1) is 0 Å². The lowest BCUT2D eigenvalue weighted by atomic mass is 10.0. The van der Waals surface area contributed by atoms with E-state index in [-0.39, 0.29) is 18.2 Å². The summed E-state index contributed by atoms with van der Waals surface area (Å²) in [6.45, 7) is 4.37. The summed E-state index contributed by atoms with van der Waals surface area (Å²) in [6.07, 6.45) is -0.470. The van der Waals surface area contributed by atoms with Crippen LogP contribution in [0.5, 0.6) is 0 Å². The van der Waals surface area contributed by atoms with Gasteiger partial charge >= 0.3 is 5.63 Å². The second-order valence-electron chi connectivity index (χ2n) is 7.71. The number of likely N-dealkylation sites (tertiary alicyclic amines) is 1. The highest BCUT2D eigenvalue weighted by atomic mass is 16.4. The number of aryl methyl sites for hydroxylation is 2. The molecule has 7 heteroatoms. The molecule has 2 heterocycles. The number of hydrogen-bond acceptors (Lipinski definition) is 5. The fourth-order valence-corrected chi connectivity index (χ4v) is 3.54. The van der Waals surface area contributed by atoms with Crippen molar-refractivity contribution in [2.45, 2.75) is 26.4 Å². The van der Waals surface area contributed by atoms with Crippen LogP contribution in [-0.4, -0.2) is 41.0 Å². The molecule has 4 rings (SSSR count). The number of aliphatic hydroxyl groups excluding tert-OH is 1. The minimum Gasteiger partial charge on any atom is -0.423 e. The highest BCUT2D eigenvalue weighted by Gasteiger charge is 2.29. The number of nitrogens with one attached hydrogen (secondary N) is 1. The normalized spacial score (nSPS) is 13.9. The standard InChI is InChI=1S/C23H22N2O5/c1-13-3-6-18-16(10-22(28)30-20(18)7-13)9-21(27)24-19-8-15(5-4-14(19)2)23(29)25-11-17(26)12-25/h3-8,10,17,26H,9,11-12H2,1-2H3,(H,24,27). The van der Waals surface area contributed by atoms with Crippen LogP contribution >= 0.6 is 0 Å². The van der Waals surface area contributed by atoms with Gasteiger partial charge in [-0.2, -0.15) is 0 Å². The number of anilines is 1. The van der Waals surface area contributed by atoms with Gasteiger partial charge < -0.3 is 19.7 Å². The van der Waals surface area contributed by atoms with Crippen LogP contribution in [0.3, 0.4) is 0 Å². The molecule has 7 nitrogen and oxygen atoms in total. The number of aliphatic hydroxyl groups is 1. The summed E-state index contributed by atoms with van der Waals surface area (Å²) < 4.78 is 5.24. The van der Waals surface area contributed by atoms with E-state index in [9.17, 15) is 19.5 Å². The Balaban J connectivity index is 1.55. The third kappa shape index (κ3) is 3.97. The lowest BCUT2D eigenvalue weighted by Crippen LogP contribution is -2.53. The molecule has 0 aliphatic carbocycles. The van der Waals surface area contributed by atoms with Gasteiger partial charge in [0.25, 0.3) is 5.91 Å². The van der Waals surface area contributed by atoms with E-state index < -0.39 is 11.7 Å². The molecule has 0 radical (unpaired) electrons. The molecule has 0 saturated carbocycles. The molecule has 1 aliphatic heterocycles. The van der Waals surface area contributed by atoms with E-state index in [4.69, 9.17) is 4.42 Å². The predicted octanol–water partition coefficient (Wildman–Crippen LogP) is 2.41. The van der Waals surface area contributed by atoms with Crippen LogP contribution in [0.25, 0.3) is 11.0 Å². The number of amides is 2. The topological polar surface area (TPSA) is 99.9 Å². The monoisotopic (exact) mass is 406 g/mol. The summed E-state index contributed by atoms with van der Waals surface area (Å²) in [6, 6.07) is 12.0. The number of carbonyl (C=O) groups is 2. The quantitative estimate of drug-likeness (QED) is 0.648. The van der Waals surface area contributed by atoms with Crippen molar-refractivity contribution in [1.29, 1.82) is 0 Å². The molecule has 0 unspecified atom stereocenters. The zero-order chi connectivity index (χ0) is 21.4. The van der Waals surface area contributed by atoms with E-state index in [1.165, 1.54) is 6.07 Å².